The zero-order valence-electron chi connectivity index (χ0n) is 25.9. The third-order valence-corrected chi connectivity index (χ3v) is 10.0. The molecule has 1 amide bonds. The highest BCUT2D eigenvalue weighted by Crippen LogP contribution is 2.36. The van der Waals surface area contributed by atoms with Crippen molar-refractivity contribution in [2.45, 2.75) is 30.8 Å². The minimum Gasteiger partial charge on any atom is -0.365 e. The largest absolute Gasteiger partial charge is 0.365 e. The monoisotopic (exact) mass is 643 g/mol. The number of anilines is 1. The Hall–Kier alpha value is -5.36. The lowest BCUT2D eigenvalue weighted by molar-refractivity contribution is -0.133. The number of halogens is 2. The first-order valence-corrected chi connectivity index (χ1v) is 16.2. The highest BCUT2D eigenvalue weighted by molar-refractivity contribution is 6.01. The third-order valence-electron chi connectivity index (χ3n) is 10.0. The van der Waals surface area contributed by atoms with Gasteiger partial charge in [-0.1, -0.05) is 0 Å². The minimum atomic E-state index is -0.456. The number of nitrogens with zero attached hydrogens (tertiary/aromatic N) is 8. The molecule has 2 bridgehead atoms. The molecule has 12 heteroatoms. The van der Waals surface area contributed by atoms with Crippen molar-refractivity contribution in [3.8, 4) is 22.6 Å². The van der Waals surface area contributed by atoms with E-state index in [9.17, 15) is 13.6 Å². The van der Waals surface area contributed by atoms with Crippen molar-refractivity contribution in [2.75, 3.05) is 37.6 Å². The number of likely N-dealkylation sites (tertiary alicyclic amines) is 2. The Morgan fingerprint density at radius 2 is 1.65 bits per heavy atom. The van der Waals surface area contributed by atoms with Crippen molar-refractivity contribution in [1.82, 2.24) is 39.9 Å². The molecule has 3 aromatic heterocycles. The van der Waals surface area contributed by atoms with Crippen molar-refractivity contribution in [1.29, 1.82) is 0 Å². The van der Waals surface area contributed by atoms with E-state index in [1.54, 1.807) is 12.1 Å². The van der Waals surface area contributed by atoms with Crippen molar-refractivity contribution in [3.05, 3.63) is 96.7 Å². The summed E-state index contributed by atoms with van der Waals surface area (Å²) in [4.78, 5) is 38.0. The average Bonchev–Trinajstić information content (AvgIpc) is 3.92. The fourth-order valence-corrected chi connectivity index (χ4v) is 7.60. The van der Waals surface area contributed by atoms with Gasteiger partial charge in [-0.05, 0) is 80.1 Å². The topological polar surface area (TPSA) is 107 Å². The molecule has 48 heavy (non-hydrogen) atoms. The molecule has 3 fully saturated rings. The lowest BCUT2D eigenvalue weighted by Gasteiger charge is -2.36. The van der Waals surface area contributed by atoms with Crippen LogP contribution in [0.5, 0.6) is 0 Å². The number of piperazine rings is 1. The van der Waals surface area contributed by atoms with Crippen molar-refractivity contribution in [3.63, 3.8) is 0 Å². The Kier molecular flexibility index (Phi) is 6.85. The number of fused-ring (bicyclic) bond motifs is 4. The summed E-state index contributed by atoms with van der Waals surface area (Å²) in [6.07, 6.45) is 6.07. The second-order valence-electron chi connectivity index (χ2n) is 13.0. The van der Waals surface area contributed by atoms with Gasteiger partial charge in [0.1, 0.15) is 11.6 Å². The first-order chi connectivity index (χ1) is 23.4. The molecule has 240 valence electrons. The van der Waals surface area contributed by atoms with Gasteiger partial charge in [-0.25, -0.2) is 28.7 Å². The summed E-state index contributed by atoms with van der Waals surface area (Å²) in [7, 11) is 0. The van der Waals surface area contributed by atoms with E-state index in [4.69, 9.17) is 9.97 Å². The van der Waals surface area contributed by atoms with Gasteiger partial charge >= 0.3 is 0 Å². The molecule has 1 N–H and O–H groups in total. The van der Waals surface area contributed by atoms with Crippen LogP contribution in [0.2, 0.25) is 0 Å². The predicted octanol–water partition coefficient (Wildman–Crippen LogP) is 5.19. The van der Waals surface area contributed by atoms with Crippen LogP contribution in [0.4, 0.5) is 14.5 Å². The molecular formula is C36H31F2N9O. The zero-order valence-corrected chi connectivity index (χ0v) is 25.9. The number of hydrogen-bond acceptors (Lipinski definition) is 8. The molecule has 6 heterocycles. The first-order valence-electron chi connectivity index (χ1n) is 16.2. The molecule has 3 aromatic carbocycles. The Morgan fingerprint density at radius 1 is 0.854 bits per heavy atom. The normalized spacial score (nSPS) is 20.8. The van der Waals surface area contributed by atoms with Gasteiger partial charge in [-0.15, -0.1) is 0 Å². The van der Waals surface area contributed by atoms with Crippen LogP contribution in [-0.2, 0) is 4.79 Å². The SMILES string of the molecule is O=C(CN1CC[C@@H](c2ncc3cc4[nH]nc(-c5ccc(F)cc5)c4cc3n2)C1)N1C[C@H]2C[C@@H]1CN2c1ccc(-c2ncc(F)cn2)cc1. The summed E-state index contributed by atoms with van der Waals surface area (Å²) < 4.78 is 26.7. The van der Waals surface area contributed by atoms with Crippen LogP contribution in [-0.4, -0.2) is 90.6 Å². The number of carbonyl (C=O) groups excluding carboxylic acids is 1. The van der Waals surface area contributed by atoms with E-state index >= 15 is 0 Å². The molecule has 0 radical (unpaired) electrons. The van der Waals surface area contributed by atoms with E-state index < -0.39 is 5.82 Å². The Bertz CT molecular complexity index is 2150. The highest BCUT2D eigenvalue weighted by Gasteiger charge is 2.45. The number of carbonyl (C=O) groups is 1. The van der Waals surface area contributed by atoms with E-state index in [1.165, 1.54) is 24.5 Å². The van der Waals surface area contributed by atoms with Crippen LogP contribution in [0.15, 0.2) is 79.3 Å². The summed E-state index contributed by atoms with van der Waals surface area (Å²) in [5.74, 6) is 0.868. The Morgan fingerprint density at radius 3 is 2.42 bits per heavy atom. The average molecular weight is 644 g/mol. The molecule has 10 nitrogen and oxygen atoms in total. The van der Waals surface area contributed by atoms with Crippen molar-refractivity contribution >= 4 is 33.4 Å². The van der Waals surface area contributed by atoms with Crippen molar-refractivity contribution < 1.29 is 13.6 Å². The fraction of sp³-hybridized carbons (Fsp3) is 0.278. The number of benzene rings is 3. The molecule has 0 aliphatic carbocycles. The number of amides is 1. The zero-order chi connectivity index (χ0) is 32.4. The van der Waals surface area contributed by atoms with Crippen LogP contribution in [0.3, 0.4) is 0 Å². The van der Waals surface area contributed by atoms with Gasteiger partial charge in [0.25, 0.3) is 0 Å². The van der Waals surface area contributed by atoms with E-state index in [-0.39, 0.29) is 29.7 Å². The summed E-state index contributed by atoms with van der Waals surface area (Å²) in [5, 5.41) is 9.41. The summed E-state index contributed by atoms with van der Waals surface area (Å²) in [6.45, 7) is 3.49. The second kappa shape index (κ2) is 11.4. The van der Waals surface area contributed by atoms with Gasteiger partial charge in [0.15, 0.2) is 11.6 Å². The summed E-state index contributed by atoms with van der Waals surface area (Å²) in [5.41, 5.74) is 5.24. The maximum atomic E-state index is 13.5. The van der Waals surface area contributed by atoms with E-state index in [0.29, 0.717) is 12.4 Å². The predicted molar refractivity (Wildman–Crippen MR) is 177 cm³/mol. The van der Waals surface area contributed by atoms with Gasteiger partial charge < -0.3 is 9.80 Å². The molecular weight excluding hydrogens is 612 g/mol. The molecule has 0 unspecified atom stereocenters. The van der Waals surface area contributed by atoms with Gasteiger partial charge in [-0.3, -0.25) is 14.8 Å². The van der Waals surface area contributed by atoms with Gasteiger partial charge in [0, 0.05) is 65.4 Å². The summed E-state index contributed by atoms with van der Waals surface area (Å²) >= 11 is 0. The smallest absolute Gasteiger partial charge is 0.237 e. The maximum absolute atomic E-state index is 13.5. The molecule has 3 saturated heterocycles. The van der Waals surface area contributed by atoms with E-state index in [2.05, 4.69) is 47.0 Å². The van der Waals surface area contributed by atoms with E-state index in [0.717, 1.165) is 89.2 Å². The lowest BCUT2D eigenvalue weighted by Crippen LogP contribution is -2.51. The maximum Gasteiger partial charge on any atom is 0.237 e. The number of aromatic nitrogens is 6. The van der Waals surface area contributed by atoms with Crippen LogP contribution in [0.25, 0.3) is 44.5 Å². The number of rotatable bonds is 6. The number of hydrogen-bond donors (Lipinski definition) is 1. The molecule has 3 aliphatic rings. The molecule has 0 spiro atoms. The molecule has 3 aliphatic heterocycles. The van der Waals surface area contributed by atoms with Crippen molar-refractivity contribution in [2.24, 2.45) is 0 Å². The quantitative estimate of drug-likeness (QED) is 0.265. The van der Waals surface area contributed by atoms with Crippen LogP contribution < -0.4 is 4.90 Å². The molecule has 9 rings (SSSR count). The Labute approximate surface area is 274 Å². The minimum absolute atomic E-state index is 0.146. The number of aromatic amines is 1. The standard InChI is InChI=1S/C36H31F2N9O/c37-25-5-1-21(2-6-25)34-30-13-31-24(11-32(30)43-44-34)14-39-36(42-31)23-9-10-45(17-23)20-33(48)47-19-28-12-29(47)18-46(28)27-7-3-22(4-8-27)35-40-15-26(38)16-41-35/h1-8,11,13-16,23,28-29H,9-10,12,17-20H2,(H,43,44)/t23-,28-,29-/m1/s1. The van der Waals surface area contributed by atoms with Gasteiger partial charge in [0.05, 0.1) is 41.7 Å². The fourth-order valence-electron chi connectivity index (χ4n) is 7.60. The Balaban J connectivity index is 0.838. The molecule has 0 saturated carbocycles. The van der Waals surface area contributed by atoms with E-state index in [1.807, 2.05) is 30.5 Å². The van der Waals surface area contributed by atoms with Crippen LogP contribution >= 0.6 is 0 Å². The second-order valence-corrected chi connectivity index (χ2v) is 13.0. The molecule has 3 atom stereocenters. The molecule has 6 aromatic rings. The van der Waals surface area contributed by atoms with Gasteiger partial charge in [-0.2, -0.15) is 5.10 Å². The number of nitrogens with one attached hydrogen (secondary N) is 1. The summed E-state index contributed by atoms with van der Waals surface area (Å²) in [6, 6.07) is 18.9. The lowest BCUT2D eigenvalue weighted by atomic mass is 10.1. The van der Waals surface area contributed by atoms with Crippen LogP contribution in [0.1, 0.15) is 24.6 Å². The number of H-pyrrole nitrogens is 1. The first kappa shape index (κ1) is 28.8. The third kappa shape index (κ3) is 5.12. The highest BCUT2D eigenvalue weighted by atomic mass is 19.1. The van der Waals surface area contributed by atoms with Gasteiger partial charge in [0.2, 0.25) is 5.91 Å². The van der Waals surface area contributed by atoms with Crippen LogP contribution in [0, 0.1) is 11.6 Å².